The molecule has 0 aliphatic carbocycles. The van der Waals surface area contributed by atoms with Crippen molar-refractivity contribution in [3.8, 4) is 0 Å². The molecule has 1 aromatic carbocycles. The molecule has 1 aliphatic heterocycles. The Morgan fingerprint density at radius 3 is 2.67 bits per heavy atom. The molecular formula is C19H30BrFN4O2. The molecule has 0 unspecified atom stereocenters. The smallest absolute Gasteiger partial charge is 0.194 e. The average molecular weight is 445 g/mol. The molecule has 27 heavy (non-hydrogen) atoms. The molecule has 1 heterocycles. The van der Waals surface area contributed by atoms with Crippen LogP contribution in [0.25, 0.3) is 0 Å². The fourth-order valence-electron chi connectivity index (χ4n) is 2.90. The maximum atomic E-state index is 13.7. The lowest BCUT2D eigenvalue weighted by molar-refractivity contribution is 0.0746. The van der Waals surface area contributed by atoms with Gasteiger partial charge in [-0.1, -0.05) is 6.07 Å². The molecule has 152 valence electrons. The van der Waals surface area contributed by atoms with E-state index in [1.54, 1.807) is 19.2 Å². The Kier molecular flexibility index (Phi) is 10.0. The second-order valence-electron chi connectivity index (χ2n) is 6.35. The average Bonchev–Trinajstić information content (AvgIpc) is 2.67. The van der Waals surface area contributed by atoms with E-state index in [0.717, 1.165) is 50.8 Å². The monoisotopic (exact) mass is 444 g/mol. The summed E-state index contributed by atoms with van der Waals surface area (Å²) >= 11 is 3.20. The number of hydrogen-bond acceptors (Lipinski definition) is 4. The zero-order valence-corrected chi connectivity index (χ0v) is 17.8. The van der Waals surface area contributed by atoms with Crippen molar-refractivity contribution in [3.05, 3.63) is 34.1 Å². The van der Waals surface area contributed by atoms with Gasteiger partial charge in [0.15, 0.2) is 5.96 Å². The van der Waals surface area contributed by atoms with Crippen LogP contribution in [0.1, 0.15) is 12.5 Å². The minimum atomic E-state index is -0.208. The highest BCUT2D eigenvalue weighted by Gasteiger charge is 2.19. The number of hydrogen-bond donors (Lipinski definition) is 1. The van der Waals surface area contributed by atoms with Gasteiger partial charge in [-0.05, 0) is 40.5 Å². The molecule has 1 N–H and O–H groups in total. The molecule has 6 nitrogen and oxygen atoms in total. The number of nitrogens with one attached hydrogen (secondary N) is 1. The molecule has 0 atom stereocenters. The van der Waals surface area contributed by atoms with E-state index in [1.165, 1.54) is 0 Å². The van der Waals surface area contributed by atoms with E-state index in [2.05, 4.69) is 43.0 Å². The van der Waals surface area contributed by atoms with E-state index in [9.17, 15) is 4.39 Å². The lowest BCUT2D eigenvalue weighted by Crippen LogP contribution is -2.52. The molecule has 0 bridgehead atoms. The molecule has 1 aliphatic rings. The molecule has 8 heteroatoms. The van der Waals surface area contributed by atoms with Gasteiger partial charge in [-0.25, -0.2) is 4.39 Å². The van der Waals surface area contributed by atoms with Crippen molar-refractivity contribution in [1.82, 2.24) is 15.1 Å². The normalized spacial score (nSPS) is 16.0. The topological polar surface area (TPSA) is 49.3 Å². The number of halogens is 2. The van der Waals surface area contributed by atoms with Crippen LogP contribution < -0.4 is 5.32 Å². The van der Waals surface area contributed by atoms with Gasteiger partial charge in [0.2, 0.25) is 0 Å². The van der Waals surface area contributed by atoms with E-state index in [4.69, 9.17) is 9.47 Å². The first-order valence-electron chi connectivity index (χ1n) is 9.40. The van der Waals surface area contributed by atoms with E-state index in [1.807, 2.05) is 6.07 Å². The number of nitrogens with zero attached hydrogens (tertiary/aromatic N) is 3. The number of methoxy groups -OCH3 is 1. The molecule has 1 fully saturated rings. The summed E-state index contributed by atoms with van der Waals surface area (Å²) in [6.07, 6.45) is 0. The third kappa shape index (κ3) is 7.73. The number of rotatable bonds is 9. The van der Waals surface area contributed by atoms with Crippen LogP contribution in [0, 0.1) is 5.82 Å². The van der Waals surface area contributed by atoms with Gasteiger partial charge < -0.3 is 19.7 Å². The summed E-state index contributed by atoms with van der Waals surface area (Å²) in [5.41, 5.74) is 0.998. The molecule has 0 radical (unpaired) electrons. The highest BCUT2D eigenvalue weighted by Crippen LogP contribution is 2.18. The first kappa shape index (κ1) is 22.1. The van der Waals surface area contributed by atoms with Crippen molar-refractivity contribution in [2.45, 2.75) is 13.5 Å². The van der Waals surface area contributed by atoms with Crippen LogP contribution in [-0.2, 0) is 16.0 Å². The highest BCUT2D eigenvalue weighted by atomic mass is 79.9. The number of piperazine rings is 1. The van der Waals surface area contributed by atoms with Gasteiger partial charge >= 0.3 is 0 Å². The van der Waals surface area contributed by atoms with Crippen molar-refractivity contribution in [2.24, 2.45) is 4.99 Å². The summed E-state index contributed by atoms with van der Waals surface area (Å²) in [5, 5.41) is 3.35. The second-order valence-corrected chi connectivity index (χ2v) is 7.21. The Labute approximate surface area is 169 Å². The molecule has 0 aromatic heterocycles. The van der Waals surface area contributed by atoms with E-state index < -0.39 is 0 Å². The van der Waals surface area contributed by atoms with Crippen molar-refractivity contribution in [3.63, 3.8) is 0 Å². The number of aliphatic imine (C=N–C) groups is 1. The van der Waals surface area contributed by atoms with Gasteiger partial charge in [0.1, 0.15) is 5.82 Å². The molecular weight excluding hydrogens is 415 g/mol. The minimum absolute atomic E-state index is 0.208. The van der Waals surface area contributed by atoms with Crippen molar-refractivity contribution in [1.29, 1.82) is 0 Å². The predicted octanol–water partition coefficient (Wildman–Crippen LogP) is 2.33. The Balaban J connectivity index is 1.79. The summed E-state index contributed by atoms with van der Waals surface area (Å²) in [6, 6.07) is 5.34. The Bertz CT molecular complexity index is 595. The number of benzene rings is 1. The zero-order chi connectivity index (χ0) is 19.5. The van der Waals surface area contributed by atoms with Gasteiger partial charge in [0.05, 0.1) is 30.8 Å². The number of guanidine groups is 1. The number of ether oxygens (including phenoxy) is 2. The Morgan fingerprint density at radius 1 is 1.22 bits per heavy atom. The quantitative estimate of drug-likeness (QED) is 0.359. The third-order valence-electron chi connectivity index (χ3n) is 4.33. The van der Waals surface area contributed by atoms with Crippen LogP contribution in [-0.4, -0.2) is 82.0 Å². The summed E-state index contributed by atoms with van der Waals surface area (Å²) < 4.78 is 24.6. The first-order chi connectivity index (χ1) is 13.1. The van der Waals surface area contributed by atoms with Crippen LogP contribution in [0.15, 0.2) is 27.7 Å². The van der Waals surface area contributed by atoms with Crippen LogP contribution >= 0.6 is 15.9 Å². The highest BCUT2D eigenvalue weighted by molar-refractivity contribution is 9.10. The van der Waals surface area contributed by atoms with Gasteiger partial charge in [-0.15, -0.1) is 0 Å². The summed E-state index contributed by atoms with van der Waals surface area (Å²) in [7, 11) is 1.66. The maximum absolute atomic E-state index is 13.7. The third-order valence-corrected chi connectivity index (χ3v) is 4.97. The molecule has 0 saturated carbocycles. The van der Waals surface area contributed by atoms with Crippen LogP contribution in [0.2, 0.25) is 0 Å². The van der Waals surface area contributed by atoms with Gasteiger partial charge in [0.25, 0.3) is 0 Å². The van der Waals surface area contributed by atoms with Gasteiger partial charge in [0, 0.05) is 46.4 Å². The lowest BCUT2D eigenvalue weighted by Gasteiger charge is -2.36. The van der Waals surface area contributed by atoms with Gasteiger partial charge in [-0.3, -0.25) is 9.89 Å². The fraction of sp³-hybridized carbons (Fsp3) is 0.632. The second kappa shape index (κ2) is 12.3. The molecule has 0 spiro atoms. The van der Waals surface area contributed by atoms with E-state index >= 15 is 0 Å². The van der Waals surface area contributed by atoms with Crippen LogP contribution in [0.4, 0.5) is 4.39 Å². The summed E-state index contributed by atoms with van der Waals surface area (Å²) in [4.78, 5) is 9.28. The summed E-state index contributed by atoms with van der Waals surface area (Å²) in [6.45, 7) is 9.73. The molecule has 1 aromatic rings. The standard InChI is InChI=1S/C19H30BrFN4O2/c1-3-22-19(23-6-11-27-13-12-26-2)25-9-7-24(8-10-25)15-16-4-5-17(20)18(21)14-16/h4-5,14H,3,6-13,15H2,1-2H3,(H,22,23). The molecule has 2 rings (SSSR count). The molecule has 1 saturated heterocycles. The van der Waals surface area contributed by atoms with Crippen molar-refractivity contribution >= 4 is 21.9 Å². The summed E-state index contributed by atoms with van der Waals surface area (Å²) in [5.74, 6) is 0.725. The van der Waals surface area contributed by atoms with Crippen LogP contribution in [0.5, 0.6) is 0 Å². The van der Waals surface area contributed by atoms with E-state index in [-0.39, 0.29) is 5.82 Å². The largest absolute Gasteiger partial charge is 0.382 e. The van der Waals surface area contributed by atoms with Gasteiger partial charge in [-0.2, -0.15) is 0 Å². The first-order valence-corrected chi connectivity index (χ1v) is 10.2. The van der Waals surface area contributed by atoms with Crippen molar-refractivity contribution < 1.29 is 13.9 Å². The maximum Gasteiger partial charge on any atom is 0.194 e. The lowest BCUT2D eigenvalue weighted by atomic mass is 10.2. The Hall–Kier alpha value is -1.22. The SMILES string of the molecule is CCNC(=NCCOCCOC)N1CCN(Cc2ccc(Br)c(F)c2)CC1. The predicted molar refractivity (Wildman–Crippen MR) is 110 cm³/mol. The fourth-order valence-corrected chi connectivity index (χ4v) is 3.15. The molecule has 0 amide bonds. The van der Waals surface area contributed by atoms with Crippen molar-refractivity contribution in [2.75, 3.05) is 66.2 Å². The van der Waals surface area contributed by atoms with E-state index in [0.29, 0.717) is 30.8 Å². The van der Waals surface area contributed by atoms with Crippen LogP contribution in [0.3, 0.4) is 0 Å². The zero-order valence-electron chi connectivity index (χ0n) is 16.2. The Morgan fingerprint density at radius 2 is 2.00 bits per heavy atom. The minimum Gasteiger partial charge on any atom is -0.382 e.